The van der Waals surface area contributed by atoms with Crippen LogP contribution in [0.2, 0.25) is 0 Å². The second kappa shape index (κ2) is 7.45. The van der Waals surface area contributed by atoms with Crippen LogP contribution in [0.3, 0.4) is 0 Å². The van der Waals surface area contributed by atoms with Crippen LogP contribution in [0, 0.1) is 5.92 Å². The van der Waals surface area contributed by atoms with Crippen molar-refractivity contribution in [3.63, 3.8) is 0 Å². The maximum atomic E-state index is 12.4. The molecule has 0 aromatic heterocycles. The Balaban J connectivity index is 2.02. The summed E-state index contributed by atoms with van der Waals surface area (Å²) < 4.78 is 24.0. The van der Waals surface area contributed by atoms with Crippen molar-refractivity contribution < 1.29 is 13.2 Å². The molecule has 0 spiro atoms. The summed E-state index contributed by atoms with van der Waals surface area (Å²) in [6.07, 6.45) is 3.05. The maximum Gasteiger partial charge on any atom is 0.237 e. The zero-order chi connectivity index (χ0) is 17.0. The average molecular weight is 338 g/mol. The molecule has 128 valence electrons. The van der Waals surface area contributed by atoms with Gasteiger partial charge in [0.05, 0.1) is 12.8 Å². The van der Waals surface area contributed by atoms with Gasteiger partial charge in [0.15, 0.2) is 0 Å². The number of carbonyl (C=O) groups is 1. The second-order valence-corrected chi connectivity index (χ2v) is 8.42. The van der Waals surface area contributed by atoms with Gasteiger partial charge in [0, 0.05) is 20.1 Å². The molecule has 0 saturated carbocycles. The van der Waals surface area contributed by atoms with Crippen LogP contribution in [-0.4, -0.2) is 56.5 Å². The number of hydrogen-bond donors (Lipinski definition) is 0. The minimum atomic E-state index is -3.32. The summed E-state index contributed by atoms with van der Waals surface area (Å²) in [4.78, 5) is 14.2. The number of hydrogen-bond acceptors (Lipinski definition) is 3. The molecule has 23 heavy (non-hydrogen) atoms. The fourth-order valence-electron chi connectivity index (χ4n) is 3.22. The van der Waals surface area contributed by atoms with Crippen LogP contribution in [0.25, 0.3) is 0 Å². The van der Waals surface area contributed by atoms with Crippen molar-refractivity contribution in [3.05, 3.63) is 35.9 Å². The Morgan fingerprint density at radius 1 is 1.30 bits per heavy atom. The summed E-state index contributed by atoms with van der Waals surface area (Å²) in [7, 11) is -1.88. The number of likely N-dealkylation sites (tertiary alicyclic amines) is 1. The van der Waals surface area contributed by atoms with E-state index in [1.807, 2.05) is 11.0 Å². The van der Waals surface area contributed by atoms with E-state index in [1.54, 1.807) is 0 Å². The first kappa shape index (κ1) is 17.9. The zero-order valence-corrected chi connectivity index (χ0v) is 14.9. The molecule has 6 heteroatoms. The zero-order valence-electron chi connectivity index (χ0n) is 14.1. The molecule has 0 radical (unpaired) electrons. The molecular weight excluding hydrogens is 312 g/mol. The molecule has 0 unspecified atom stereocenters. The highest BCUT2D eigenvalue weighted by Crippen LogP contribution is 2.34. The lowest BCUT2D eigenvalue weighted by Gasteiger charge is -2.39. The van der Waals surface area contributed by atoms with Crippen molar-refractivity contribution in [3.8, 4) is 0 Å². The summed E-state index contributed by atoms with van der Waals surface area (Å²) in [5, 5.41) is 0. The Morgan fingerprint density at radius 3 is 2.52 bits per heavy atom. The SMILES string of the molecule is CC[C@@H]1CN(C(=O)CN(C)S(C)(=O)=O)CC[C@@H]1c1ccccc1. The van der Waals surface area contributed by atoms with Crippen LogP contribution in [-0.2, 0) is 14.8 Å². The molecular formula is C17H26N2O3S. The maximum absolute atomic E-state index is 12.4. The third-order valence-corrected chi connectivity index (χ3v) is 6.02. The predicted molar refractivity (Wildman–Crippen MR) is 91.6 cm³/mol. The lowest BCUT2D eigenvalue weighted by Crippen LogP contribution is -2.47. The third-order valence-electron chi connectivity index (χ3n) is 4.76. The quantitative estimate of drug-likeness (QED) is 0.824. The summed E-state index contributed by atoms with van der Waals surface area (Å²) in [6, 6.07) is 10.4. The number of piperidine rings is 1. The number of benzene rings is 1. The van der Waals surface area contributed by atoms with Gasteiger partial charge in [0.1, 0.15) is 0 Å². The number of rotatable bonds is 5. The molecule has 2 atom stereocenters. The lowest BCUT2D eigenvalue weighted by atomic mass is 9.79. The van der Waals surface area contributed by atoms with E-state index >= 15 is 0 Å². The van der Waals surface area contributed by atoms with Gasteiger partial charge < -0.3 is 4.90 Å². The fourth-order valence-corrected chi connectivity index (χ4v) is 3.56. The van der Waals surface area contributed by atoms with Gasteiger partial charge in [-0.15, -0.1) is 0 Å². The van der Waals surface area contributed by atoms with Crippen LogP contribution in [0.4, 0.5) is 0 Å². The molecule has 1 saturated heterocycles. The number of sulfonamides is 1. The second-order valence-electron chi connectivity index (χ2n) is 6.33. The van der Waals surface area contributed by atoms with E-state index < -0.39 is 10.0 Å². The summed E-state index contributed by atoms with van der Waals surface area (Å²) >= 11 is 0. The van der Waals surface area contributed by atoms with Crippen molar-refractivity contribution in [1.29, 1.82) is 0 Å². The number of likely N-dealkylation sites (N-methyl/N-ethyl adjacent to an activating group) is 1. The van der Waals surface area contributed by atoms with Crippen molar-refractivity contribution in [2.45, 2.75) is 25.7 Å². The van der Waals surface area contributed by atoms with Crippen LogP contribution >= 0.6 is 0 Å². The van der Waals surface area contributed by atoms with Gasteiger partial charge in [0.2, 0.25) is 15.9 Å². The van der Waals surface area contributed by atoms with E-state index in [2.05, 4.69) is 31.2 Å². The fraction of sp³-hybridized carbons (Fsp3) is 0.588. The van der Waals surface area contributed by atoms with Crippen molar-refractivity contribution in [2.24, 2.45) is 5.92 Å². The Kier molecular flexibility index (Phi) is 5.81. The van der Waals surface area contributed by atoms with Crippen molar-refractivity contribution in [1.82, 2.24) is 9.21 Å². The minimum Gasteiger partial charge on any atom is -0.341 e. The van der Waals surface area contributed by atoms with E-state index in [0.717, 1.165) is 23.4 Å². The lowest BCUT2D eigenvalue weighted by molar-refractivity contribution is -0.133. The molecule has 1 heterocycles. The molecule has 2 rings (SSSR count). The smallest absolute Gasteiger partial charge is 0.237 e. The summed E-state index contributed by atoms with van der Waals surface area (Å²) in [6.45, 7) is 3.46. The van der Waals surface area contributed by atoms with Crippen LogP contribution in [0.5, 0.6) is 0 Å². The van der Waals surface area contributed by atoms with E-state index in [1.165, 1.54) is 12.6 Å². The molecule has 0 bridgehead atoms. The largest absolute Gasteiger partial charge is 0.341 e. The minimum absolute atomic E-state index is 0.0781. The molecule has 5 nitrogen and oxygen atoms in total. The van der Waals surface area contributed by atoms with Gasteiger partial charge >= 0.3 is 0 Å². The van der Waals surface area contributed by atoms with Crippen LogP contribution in [0.15, 0.2) is 30.3 Å². The monoisotopic (exact) mass is 338 g/mol. The molecule has 1 aromatic carbocycles. The molecule has 0 N–H and O–H groups in total. The third kappa shape index (κ3) is 4.54. The Hall–Kier alpha value is -1.40. The Labute approximate surface area is 139 Å². The highest BCUT2D eigenvalue weighted by molar-refractivity contribution is 7.88. The van der Waals surface area contributed by atoms with Crippen molar-refractivity contribution >= 4 is 15.9 Å². The number of nitrogens with zero attached hydrogens (tertiary/aromatic N) is 2. The van der Waals surface area contributed by atoms with Gasteiger partial charge in [-0.25, -0.2) is 8.42 Å². The van der Waals surface area contributed by atoms with Gasteiger partial charge in [-0.2, -0.15) is 4.31 Å². The number of amides is 1. The highest BCUT2D eigenvalue weighted by atomic mass is 32.2. The predicted octanol–water partition coefficient (Wildman–Crippen LogP) is 1.92. The molecule has 1 aromatic rings. The number of carbonyl (C=O) groups excluding carboxylic acids is 1. The Bertz CT molecular complexity index is 630. The summed E-state index contributed by atoms with van der Waals surface area (Å²) in [5.41, 5.74) is 1.33. The van der Waals surface area contributed by atoms with E-state index in [0.29, 0.717) is 24.9 Å². The van der Waals surface area contributed by atoms with Gasteiger partial charge in [-0.05, 0) is 23.8 Å². The molecule has 1 aliphatic rings. The van der Waals surface area contributed by atoms with Gasteiger partial charge in [-0.3, -0.25) is 4.79 Å². The van der Waals surface area contributed by atoms with Crippen LogP contribution in [0.1, 0.15) is 31.2 Å². The first-order chi connectivity index (χ1) is 10.8. The molecule has 0 aliphatic carbocycles. The first-order valence-electron chi connectivity index (χ1n) is 8.07. The van der Waals surface area contributed by atoms with E-state index in [9.17, 15) is 13.2 Å². The molecule has 1 fully saturated rings. The van der Waals surface area contributed by atoms with Gasteiger partial charge in [0.25, 0.3) is 0 Å². The normalized spacial score (nSPS) is 22.3. The van der Waals surface area contributed by atoms with Crippen molar-refractivity contribution in [2.75, 3.05) is 32.9 Å². The Morgan fingerprint density at radius 2 is 1.96 bits per heavy atom. The standard InChI is InChI=1S/C17H26N2O3S/c1-4-14-12-19(17(20)13-18(2)23(3,21)22)11-10-16(14)15-8-6-5-7-9-15/h5-9,14,16H,4,10-13H2,1-3H3/t14-,16+/m1/s1. The summed E-state index contributed by atoms with van der Waals surface area (Å²) in [5.74, 6) is 0.777. The molecule has 1 aliphatic heterocycles. The van der Waals surface area contributed by atoms with Crippen LogP contribution < -0.4 is 0 Å². The molecule has 1 amide bonds. The van der Waals surface area contributed by atoms with E-state index in [-0.39, 0.29) is 12.5 Å². The van der Waals surface area contributed by atoms with Gasteiger partial charge in [-0.1, -0.05) is 43.7 Å². The highest BCUT2D eigenvalue weighted by Gasteiger charge is 2.32. The average Bonchev–Trinajstić information content (AvgIpc) is 2.54. The first-order valence-corrected chi connectivity index (χ1v) is 9.91. The topological polar surface area (TPSA) is 57.7 Å². The van der Waals surface area contributed by atoms with E-state index in [4.69, 9.17) is 0 Å².